The molecule has 8 heteroatoms. The fourth-order valence-electron chi connectivity index (χ4n) is 6.23. The second-order valence-corrected chi connectivity index (χ2v) is 11.2. The molecule has 1 heterocycles. The first-order valence-electron chi connectivity index (χ1n) is 14.2. The quantitative estimate of drug-likeness (QED) is 0.330. The van der Waals surface area contributed by atoms with E-state index in [1.807, 2.05) is 14.0 Å². The van der Waals surface area contributed by atoms with Crippen LogP contribution in [-0.4, -0.2) is 61.2 Å². The van der Waals surface area contributed by atoms with Crippen molar-refractivity contribution >= 4 is 11.9 Å². The summed E-state index contributed by atoms with van der Waals surface area (Å²) >= 11 is 0. The van der Waals surface area contributed by atoms with Crippen molar-refractivity contribution in [1.82, 2.24) is 20.9 Å². The number of nitrogens with zero attached hydrogens (tertiary/aromatic N) is 1. The van der Waals surface area contributed by atoms with Crippen LogP contribution in [0, 0.1) is 24.6 Å². The minimum absolute atomic E-state index is 0.0618. The predicted octanol–water partition coefficient (Wildman–Crippen LogP) is 4.22. The van der Waals surface area contributed by atoms with Gasteiger partial charge in [-0.2, -0.15) is 0 Å². The van der Waals surface area contributed by atoms with Gasteiger partial charge in [0.05, 0.1) is 5.60 Å². The Kier molecular flexibility index (Phi) is 11.2. The highest BCUT2D eigenvalue weighted by atomic mass is 19.1. The third-order valence-electron chi connectivity index (χ3n) is 8.20. The largest absolute Gasteiger partial charge is 0.385 e. The summed E-state index contributed by atoms with van der Waals surface area (Å²) < 4.78 is 15.1. The predicted molar refractivity (Wildman–Crippen MR) is 145 cm³/mol. The molecule has 1 saturated carbocycles. The molecule has 0 spiro atoms. The third-order valence-corrected chi connectivity index (χ3v) is 8.20. The number of hydrogen-bond acceptors (Lipinski definition) is 4. The van der Waals surface area contributed by atoms with Crippen LogP contribution in [0.4, 0.5) is 9.18 Å². The van der Waals surface area contributed by atoms with Gasteiger partial charge in [0, 0.05) is 50.6 Å². The zero-order valence-corrected chi connectivity index (χ0v) is 23.0. The van der Waals surface area contributed by atoms with E-state index < -0.39 is 11.4 Å². The summed E-state index contributed by atoms with van der Waals surface area (Å²) in [5.74, 6) is -0.216. The van der Waals surface area contributed by atoms with Crippen LogP contribution in [-0.2, 0) is 10.4 Å². The maximum atomic E-state index is 15.1. The fraction of sp³-hybridized carbons (Fsp3) is 0.724. The number of likely N-dealkylation sites (tertiary alicyclic amines) is 1. The van der Waals surface area contributed by atoms with E-state index in [2.05, 4.69) is 16.0 Å². The number of urea groups is 1. The first-order valence-corrected chi connectivity index (χ1v) is 14.2. The fourth-order valence-corrected chi connectivity index (χ4v) is 6.23. The Bertz CT molecular complexity index is 892. The van der Waals surface area contributed by atoms with Crippen LogP contribution in [0.3, 0.4) is 0 Å². The average Bonchev–Trinajstić information content (AvgIpc) is 2.88. The van der Waals surface area contributed by atoms with Gasteiger partial charge in [-0.05, 0) is 58.1 Å². The second kappa shape index (κ2) is 14.1. The van der Waals surface area contributed by atoms with E-state index in [9.17, 15) is 14.7 Å². The Balaban J connectivity index is 1.72. The summed E-state index contributed by atoms with van der Waals surface area (Å²) in [5.41, 5.74) is -0.271. The van der Waals surface area contributed by atoms with Crippen molar-refractivity contribution in [3.05, 3.63) is 35.1 Å². The number of hydrogen-bond donors (Lipinski definition) is 4. The highest BCUT2D eigenvalue weighted by Crippen LogP contribution is 2.41. The molecule has 37 heavy (non-hydrogen) atoms. The maximum Gasteiger partial charge on any atom is 0.317 e. The maximum absolute atomic E-state index is 15.1. The normalized spacial score (nSPS) is 21.2. The lowest BCUT2D eigenvalue weighted by atomic mass is 9.73. The first-order chi connectivity index (χ1) is 17.7. The number of likely N-dealkylation sites (N-methyl/N-ethyl adjacent to an activating group) is 1. The standard InChI is InChI=1S/C29H47FN4O3/c1-21-12-13-27(30)26(17-21)29(37,14-8-15-32-22(2)35)24-11-7-16-34(20-24)28(36)33-25(19-31-3)18-23-9-5-4-6-10-23/h12-13,17,23-25,31,37H,4-11,14-16,18-20H2,1-3H3,(H,32,35)(H,33,36)/t24?,25?,29-/m0/s1. The summed E-state index contributed by atoms with van der Waals surface area (Å²) in [6.45, 7) is 5.47. The highest BCUT2D eigenvalue weighted by molar-refractivity contribution is 5.74. The monoisotopic (exact) mass is 518 g/mol. The minimum atomic E-state index is -1.43. The molecule has 0 radical (unpaired) electrons. The zero-order valence-electron chi connectivity index (χ0n) is 23.0. The minimum Gasteiger partial charge on any atom is -0.385 e. The smallest absolute Gasteiger partial charge is 0.317 e. The van der Waals surface area contributed by atoms with Gasteiger partial charge in [-0.15, -0.1) is 0 Å². The van der Waals surface area contributed by atoms with Crippen LogP contribution in [0.1, 0.15) is 82.3 Å². The number of rotatable bonds is 11. The van der Waals surface area contributed by atoms with Gasteiger partial charge in [-0.3, -0.25) is 4.79 Å². The number of nitrogens with one attached hydrogen (secondary N) is 3. The second-order valence-electron chi connectivity index (χ2n) is 11.2. The molecule has 1 aliphatic heterocycles. The van der Waals surface area contributed by atoms with E-state index in [4.69, 9.17) is 0 Å². The molecule has 1 aliphatic carbocycles. The van der Waals surface area contributed by atoms with E-state index in [0.717, 1.165) is 24.9 Å². The zero-order chi connectivity index (χ0) is 26.8. The van der Waals surface area contributed by atoms with Crippen LogP contribution < -0.4 is 16.0 Å². The summed E-state index contributed by atoms with van der Waals surface area (Å²) in [4.78, 5) is 26.5. The SMILES string of the molecule is CNCC(CC1CCCCC1)NC(=O)N1CCCC([C@@](O)(CCCNC(C)=O)c2cc(C)ccc2F)C1. The van der Waals surface area contributed by atoms with Gasteiger partial charge in [0.2, 0.25) is 5.91 Å². The first kappa shape index (κ1) is 29.4. The van der Waals surface area contributed by atoms with Crippen molar-refractivity contribution in [2.75, 3.05) is 33.2 Å². The van der Waals surface area contributed by atoms with E-state index in [1.165, 1.54) is 45.1 Å². The van der Waals surface area contributed by atoms with Crippen LogP contribution >= 0.6 is 0 Å². The van der Waals surface area contributed by atoms with Gasteiger partial charge in [0.25, 0.3) is 0 Å². The molecule has 3 rings (SSSR count). The average molecular weight is 519 g/mol. The molecule has 0 aromatic heterocycles. The number of aryl methyl sites for hydroxylation is 1. The molecular weight excluding hydrogens is 471 g/mol. The number of benzene rings is 1. The third kappa shape index (κ3) is 8.40. The number of aliphatic hydroxyl groups is 1. The lowest BCUT2D eigenvalue weighted by molar-refractivity contribution is -0.119. The lowest BCUT2D eigenvalue weighted by Gasteiger charge is -2.43. The van der Waals surface area contributed by atoms with Gasteiger partial charge in [-0.1, -0.05) is 49.8 Å². The molecule has 1 saturated heterocycles. The van der Waals surface area contributed by atoms with Crippen molar-refractivity contribution in [3.8, 4) is 0 Å². The molecule has 2 aliphatic rings. The Morgan fingerprint density at radius 2 is 1.95 bits per heavy atom. The van der Waals surface area contributed by atoms with Crippen molar-refractivity contribution in [2.24, 2.45) is 11.8 Å². The summed E-state index contributed by atoms with van der Waals surface area (Å²) in [6.07, 6.45) is 9.56. The van der Waals surface area contributed by atoms with E-state index in [-0.39, 0.29) is 29.5 Å². The molecule has 0 bridgehead atoms. The van der Waals surface area contributed by atoms with Crippen molar-refractivity contribution in [1.29, 1.82) is 0 Å². The molecular formula is C29H47FN4O3. The number of piperidine rings is 1. The van der Waals surface area contributed by atoms with Crippen LogP contribution in [0.15, 0.2) is 18.2 Å². The molecule has 4 N–H and O–H groups in total. The number of carbonyl (C=O) groups excluding carboxylic acids is 2. The van der Waals surface area contributed by atoms with Crippen molar-refractivity contribution < 1.29 is 19.1 Å². The van der Waals surface area contributed by atoms with Gasteiger partial charge in [0.15, 0.2) is 0 Å². The highest BCUT2D eigenvalue weighted by Gasteiger charge is 2.43. The molecule has 2 fully saturated rings. The number of amides is 3. The number of carbonyl (C=O) groups is 2. The lowest BCUT2D eigenvalue weighted by Crippen LogP contribution is -2.54. The van der Waals surface area contributed by atoms with E-state index >= 15 is 4.39 Å². The molecule has 3 amide bonds. The molecule has 7 nitrogen and oxygen atoms in total. The van der Waals surface area contributed by atoms with Crippen LogP contribution in [0.2, 0.25) is 0 Å². The Morgan fingerprint density at radius 3 is 2.65 bits per heavy atom. The topological polar surface area (TPSA) is 93.7 Å². The van der Waals surface area contributed by atoms with Gasteiger partial charge in [0.1, 0.15) is 5.82 Å². The van der Waals surface area contributed by atoms with Crippen molar-refractivity contribution in [3.63, 3.8) is 0 Å². The Morgan fingerprint density at radius 1 is 1.19 bits per heavy atom. The summed E-state index contributed by atoms with van der Waals surface area (Å²) in [6, 6.07) is 4.79. The molecule has 2 unspecified atom stereocenters. The van der Waals surface area contributed by atoms with Gasteiger partial charge < -0.3 is 26.0 Å². The van der Waals surface area contributed by atoms with Crippen LogP contribution in [0.25, 0.3) is 0 Å². The molecule has 1 aromatic carbocycles. The molecule has 208 valence electrons. The number of halogens is 1. The van der Waals surface area contributed by atoms with Crippen molar-refractivity contribution in [2.45, 2.75) is 89.7 Å². The summed E-state index contributed by atoms with van der Waals surface area (Å²) in [7, 11) is 1.91. The van der Waals surface area contributed by atoms with Gasteiger partial charge in [-0.25, -0.2) is 9.18 Å². The van der Waals surface area contributed by atoms with E-state index in [1.54, 1.807) is 17.0 Å². The van der Waals surface area contributed by atoms with Crippen LogP contribution in [0.5, 0.6) is 0 Å². The summed E-state index contributed by atoms with van der Waals surface area (Å²) in [5, 5.41) is 21.3. The molecule has 3 atom stereocenters. The Labute approximate surface area is 222 Å². The molecule has 1 aromatic rings. The van der Waals surface area contributed by atoms with Gasteiger partial charge >= 0.3 is 6.03 Å². The van der Waals surface area contributed by atoms with E-state index in [0.29, 0.717) is 44.8 Å². The Hall–Kier alpha value is -2.19.